The molecule has 1 saturated carbocycles. The van der Waals surface area contributed by atoms with Gasteiger partial charge in [-0.2, -0.15) is 5.10 Å². The highest BCUT2D eigenvalue weighted by atomic mass is 16.5. The van der Waals surface area contributed by atoms with Crippen molar-refractivity contribution in [2.24, 2.45) is 0 Å². The van der Waals surface area contributed by atoms with Gasteiger partial charge >= 0.3 is 0 Å². The van der Waals surface area contributed by atoms with Crippen molar-refractivity contribution in [2.45, 2.75) is 18.8 Å². The average Bonchev–Trinajstić information content (AvgIpc) is 2.72. The van der Waals surface area contributed by atoms with Crippen molar-refractivity contribution in [2.75, 3.05) is 0 Å². The molecule has 4 nitrogen and oxygen atoms in total. The maximum Gasteiger partial charge on any atom is 0.196 e. The normalized spacial score (nSPS) is 16.3. The molecule has 3 rings (SSSR count). The number of rotatable bonds is 2. The second-order valence-electron chi connectivity index (χ2n) is 3.31. The van der Waals surface area contributed by atoms with Gasteiger partial charge in [-0.25, -0.2) is 4.68 Å². The van der Waals surface area contributed by atoms with Gasteiger partial charge in [0.05, 0.1) is 0 Å². The molecule has 2 aromatic rings. The van der Waals surface area contributed by atoms with Gasteiger partial charge in [-0.05, 0) is 18.9 Å². The fourth-order valence-corrected chi connectivity index (χ4v) is 1.35. The van der Waals surface area contributed by atoms with Crippen molar-refractivity contribution in [3.63, 3.8) is 0 Å². The first kappa shape index (κ1) is 6.88. The van der Waals surface area contributed by atoms with Crippen molar-refractivity contribution < 1.29 is 4.52 Å². The molecule has 4 heteroatoms. The number of hydrogen-bond acceptors (Lipinski definition) is 3. The number of hydrogen-bond donors (Lipinski definition) is 0. The molecule has 13 heavy (non-hydrogen) atoms. The van der Waals surface area contributed by atoms with Gasteiger partial charge in [-0.15, -0.1) is 0 Å². The van der Waals surface area contributed by atoms with Crippen LogP contribution in [-0.4, -0.2) is 14.9 Å². The van der Waals surface area contributed by atoms with Crippen LogP contribution >= 0.6 is 0 Å². The van der Waals surface area contributed by atoms with Crippen molar-refractivity contribution in [1.29, 1.82) is 0 Å². The standard InChI is InChI=1S/C9H9N3O/c1-4-10-12(5-1)9-6-8(13-11-9)7-2-3-7/h1,4-7H,2-3H2. The minimum absolute atomic E-state index is 0.608. The predicted octanol–water partition coefficient (Wildman–Crippen LogP) is 1.74. The summed E-state index contributed by atoms with van der Waals surface area (Å²) in [6, 6.07) is 3.83. The Morgan fingerprint density at radius 1 is 1.46 bits per heavy atom. The Kier molecular flexibility index (Phi) is 1.30. The summed E-state index contributed by atoms with van der Waals surface area (Å²) in [5.74, 6) is 2.37. The molecule has 0 atom stereocenters. The summed E-state index contributed by atoms with van der Waals surface area (Å²) in [5, 5.41) is 8.02. The number of nitrogens with zero attached hydrogens (tertiary/aromatic N) is 3. The van der Waals surface area contributed by atoms with E-state index in [4.69, 9.17) is 4.52 Å². The van der Waals surface area contributed by atoms with E-state index >= 15 is 0 Å². The molecule has 0 spiro atoms. The minimum atomic E-state index is 0.608. The minimum Gasteiger partial charge on any atom is -0.359 e. The van der Waals surface area contributed by atoms with Crippen LogP contribution in [0.3, 0.4) is 0 Å². The lowest BCUT2D eigenvalue weighted by molar-refractivity contribution is 0.381. The summed E-state index contributed by atoms with van der Waals surface area (Å²) >= 11 is 0. The molecule has 2 heterocycles. The Bertz CT molecular complexity index is 400. The summed E-state index contributed by atoms with van der Waals surface area (Å²) < 4.78 is 6.91. The fourth-order valence-electron chi connectivity index (χ4n) is 1.35. The predicted molar refractivity (Wildman–Crippen MR) is 45.6 cm³/mol. The van der Waals surface area contributed by atoms with Crippen molar-refractivity contribution in [3.05, 3.63) is 30.3 Å². The van der Waals surface area contributed by atoms with Crippen molar-refractivity contribution >= 4 is 0 Å². The molecule has 66 valence electrons. The highest BCUT2D eigenvalue weighted by Gasteiger charge is 2.28. The van der Waals surface area contributed by atoms with E-state index in [0.29, 0.717) is 5.92 Å². The maximum atomic E-state index is 5.20. The van der Waals surface area contributed by atoms with E-state index in [0.717, 1.165) is 11.6 Å². The van der Waals surface area contributed by atoms with Crippen LogP contribution in [0.5, 0.6) is 0 Å². The Morgan fingerprint density at radius 3 is 3.08 bits per heavy atom. The first-order valence-electron chi connectivity index (χ1n) is 4.40. The zero-order chi connectivity index (χ0) is 8.67. The van der Waals surface area contributed by atoms with Gasteiger partial charge in [-0.3, -0.25) is 0 Å². The Morgan fingerprint density at radius 2 is 2.38 bits per heavy atom. The summed E-state index contributed by atoms with van der Waals surface area (Å²) in [7, 11) is 0. The second kappa shape index (κ2) is 2.45. The lowest BCUT2D eigenvalue weighted by atomic mass is 10.3. The summed E-state index contributed by atoms with van der Waals surface area (Å²) in [6.07, 6.45) is 6.04. The van der Waals surface area contributed by atoms with E-state index < -0.39 is 0 Å². The second-order valence-corrected chi connectivity index (χ2v) is 3.31. The number of aromatic nitrogens is 3. The fraction of sp³-hybridized carbons (Fsp3) is 0.333. The van der Waals surface area contributed by atoms with Crippen LogP contribution in [0.2, 0.25) is 0 Å². The van der Waals surface area contributed by atoms with Gasteiger partial charge in [0.25, 0.3) is 0 Å². The van der Waals surface area contributed by atoms with E-state index in [1.54, 1.807) is 10.9 Å². The molecule has 0 saturated heterocycles. The smallest absolute Gasteiger partial charge is 0.196 e. The summed E-state index contributed by atoms with van der Waals surface area (Å²) in [5.41, 5.74) is 0. The third kappa shape index (κ3) is 1.14. The van der Waals surface area contributed by atoms with E-state index in [9.17, 15) is 0 Å². The van der Waals surface area contributed by atoms with Crippen LogP contribution in [0.1, 0.15) is 24.5 Å². The van der Waals surface area contributed by atoms with E-state index in [1.165, 1.54) is 12.8 Å². The van der Waals surface area contributed by atoms with Crippen LogP contribution in [-0.2, 0) is 0 Å². The van der Waals surface area contributed by atoms with Crippen LogP contribution < -0.4 is 0 Å². The molecule has 1 aliphatic rings. The Balaban J connectivity index is 1.97. The highest BCUT2D eigenvalue weighted by molar-refractivity contribution is 5.24. The quantitative estimate of drug-likeness (QED) is 0.698. The molecule has 0 N–H and O–H groups in total. The summed E-state index contributed by atoms with van der Waals surface area (Å²) in [6.45, 7) is 0. The molecule has 0 aliphatic heterocycles. The first-order valence-corrected chi connectivity index (χ1v) is 4.40. The third-order valence-corrected chi connectivity index (χ3v) is 2.23. The van der Waals surface area contributed by atoms with Crippen molar-refractivity contribution in [1.82, 2.24) is 14.9 Å². The van der Waals surface area contributed by atoms with Crippen LogP contribution in [0, 0.1) is 0 Å². The van der Waals surface area contributed by atoms with Crippen LogP contribution in [0.15, 0.2) is 29.0 Å². The van der Waals surface area contributed by atoms with Crippen molar-refractivity contribution in [3.8, 4) is 5.82 Å². The molecular weight excluding hydrogens is 166 g/mol. The first-order chi connectivity index (χ1) is 6.43. The van der Waals surface area contributed by atoms with Gasteiger partial charge in [0.15, 0.2) is 5.82 Å². The van der Waals surface area contributed by atoms with Gasteiger partial charge in [0.1, 0.15) is 5.76 Å². The van der Waals surface area contributed by atoms with Gasteiger partial charge in [0.2, 0.25) is 0 Å². The Hall–Kier alpha value is -1.58. The van der Waals surface area contributed by atoms with Gasteiger partial charge < -0.3 is 4.52 Å². The largest absolute Gasteiger partial charge is 0.359 e. The molecule has 0 bridgehead atoms. The highest BCUT2D eigenvalue weighted by Crippen LogP contribution is 2.40. The Labute approximate surface area is 75.2 Å². The molecule has 1 fully saturated rings. The average molecular weight is 175 g/mol. The topological polar surface area (TPSA) is 43.9 Å². The lowest BCUT2D eigenvalue weighted by Gasteiger charge is -1.89. The molecule has 0 unspecified atom stereocenters. The monoisotopic (exact) mass is 175 g/mol. The van der Waals surface area contributed by atoms with Crippen LogP contribution in [0.25, 0.3) is 5.82 Å². The zero-order valence-electron chi connectivity index (χ0n) is 7.05. The molecule has 2 aromatic heterocycles. The lowest BCUT2D eigenvalue weighted by Crippen LogP contribution is -1.92. The SMILES string of the molecule is c1cnn(-c2cc(C3CC3)on2)c1. The molecule has 0 amide bonds. The molecule has 0 aromatic carbocycles. The van der Waals surface area contributed by atoms with E-state index in [-0.39, 0.29) is 0 Å². The van der Waals surface area contributed by atoms with E-state index in [2.05, 4.69) is 10.3 Å². The van der Waals surface area contributed by atoms with E-state index in [1.807, 2.05) is 18.3 Å². The maximum absolute atomic E-state index is 5.20. The van der Waals surface area contributed by atoms with Crippen LogP contribution in [0.4, 0.5) is 0 Å². The summed E-state index contributed by atoms with van der Waals surface area (Å²) in [4.78, 5) is 0. The van der Waals surface area contributed by atoms with Gasteiger partial charge in [0, 0.05) is 24.4 Å². The zero-order valence-corrected chi connectivity index (χ0v) is 7.05. The van der Waals surface area contributed by atoms with Gasteiger partial charge in [-0.1, -0.05) is 5.16 Å². The molecule has 0 radical (unpaired) electrons. The molecular formula is C9H9N3O. The molecule has 1 aliphatic carbocycles. The third-order valence-electron chi connectivity index (χ3n) is 2.23.